The van der Waals surface area contributed by atoms with Gasteiger partial charge < -0.3 is 10.3 Å². The second kappa shape index (κ2) is 8.92. The van der Waals surface area contributed by atoms with Crippen LogP contribution >= 0.6 is 23.1 Å². The van der Waals surface area contributed by atoms with Crippen molar-refractivity contribution in [3.63, 3.8) is 0 Å². The molecular weight excluding hydrogens is 390 g/mol. The van der Waals surface area contributed by atoms with Gasteiger partial charge in [-0.15, -0.1) is 23.1 Å². The number of thiophene rings is 1. The van der Waals surface area contributed by atoms with Gasteiger partial charge >= 0.3 is 0 Å². The Kier molecular flexibility index (Phi) is 6.12. The Balaban J connectivity index is 1.40. The van der Waals surface area contributed by atoms with E-state index in [-0.39, 0.29) is 11.5 Å². The van der Waals surface area contributed by atoms with Gasteiger partial charge in [0.15, 0.2) is 0 Å². The molecule has 0 unspecified atom stereocenters. The van der Waals surface area contributed by atoms with Gasteiger partial charge in [0.05, 0.1) is 16.9 Å². The number of amides is 1. The second-order valence-corrected chi connectivity index (χ2v) is 8.95. The van der Waals surface area contributed by atoms with E-state index in [9.17, 15) is 9.59 Å². The number of nitrogens with one attached hydrogen (secondary N) is 2. The molecule has 2 N–H and O–H groups in total. The maximum absolute atomic E-state index is 12.6. The topological polar surface area (TPSA) is 74.8 Å². The number of nitrogens with zero attached hydrogens (tertiary/aromatic N) is 1. The molecule has 0 saturated heterocycles. The van der Waals surface area contributed by atoms with E-state index < -0.39 is 0 Å². The lowest BCUT2D eigenvalue weighted by Crippen LogP contribution is -2.37. The molecule has 28 heavy (non-hydrogen) atoms. The van der Waals surface area contributed by atoms with Crippen LogP contribution in [0.4, 0.5) is 0 Å². The quantitative estimate of drug-likeness (QED) is 0.631. The molecular formula is C21H23N3O2S2. The summed E-state index contributed by atoms with van der Waals surface area (Å²) in [6, 6.07) is 10.2. The Morgan fingerprint density at radius 2 is 2.00 bits per heavy atom. The van der Waals surface area contributed by atoms with Crippen LogP contribution in [-0.2, 0) is 10.5 Å². The normalized spacial score (nSPS) is 15.0. The molecule has 1 fully saturated rings. The van der Waals surface area contributed by atoms with Crippen LogP contribution in [0.25, 0.3) is 21.3 Å². The second-order valence-electron chi connectivity index (χ2n) is 7.10. The van der Waals surface area contributed by atoms with Crippen molar-refractivity contribution in [2.24, 2.45) is 0 Å². The van der Waals surface area contributed by atoms with Crippen molar-refractivity contribution >= 4 is 39.2 Å². The highest BCUT2D eigenvalue weighted by Crippen LogP contribution is 2.30. The minimum atomic E-state index is -0.118. The predicted octanol–water partition coefficient (Wildman–Crippen LogP) is 4.33. The Labute approximate surface area is 172 Å². The van der Waals surface area contributed by atoms with Crippen LogP contribution in [0.3, 0.4) is 0 Å². The minimum absolute atomic E-state index is 0.0720. The van der Waals surface area contributed by atoms with E-state index in [1.54, 1.807) is 0 Å². The molecule has 5 nitrogen and oxygen atoms in total. The maximum Gasteiger partial charge on any atom is 0.260 e. The summed E-state index contributed by atoms with van der Waals surface area (Å²) in [5, 5.41) is 5.74. The van der Waals surface area contributed by atoms with Gasteiger partial charge in [-0.25, -0.2) is 4.98 Å². The van der Waals surface area contributed by atoms with E-state index in [0.717, 1.165) is 28.8 Å². The molecule has 2 heterocycles. The van der Waals surface area contributed by atoms with Gasteiger partial charge in [0.25, 0.3) is 5.56 Å². The van der Waals surface area contributed by atoms with Crippen molar-refractivity contribution in [1.82, 2.24) is 15.3 Å². The van der Waals surface area contributed by atoms with Crippen LogP contribution in [0.1, 0.15) is 37.9 Å². The zero-order valence-electron chi connectivity index (χ0n) is 15.6. The summed E-state index contributed by atoms with van der Waals surface area (Å²) in [7, 11) is 0. The first kappa shape index (κ1) is 19.2. The van der Waals surface area contributed by atoms with Crippen LogP contribution in [0.5, 0.6) is 0 Å². The fourth-order valence-corrected chi connectivity index (χ4v) is 5.32. The molecule has 0 spiro atoms. The summed E-state index contributed by atoms with van der Waals surface area (Å²) < 4.78 is 0. The monoisotopic (exact) mass is 413 g/mol. The zero-order valence-corrected chi connectivity index (χ0v) is 17.2. The van der Waals surface area contributed by atoms with Crippen molar-refractivity contribution in [3.8, 4) is 11.1 Å². The molecule has 0 radical (unpaired) electrons. The first-order chi connectivity index (χ1) is 13.7. The van der Waals surface area contributed by atoms with E-state index in [1.165, 1.54) is 42.4 Å². The van der Waals surface area contributed by atoms with E-state index in [4.69, 9.17) is 0 Å². The van der Waals surface area contributed by atoms with Crippen molar-refractivity contribution < 1.29 is 4.79 Å². The lowest BCUT2D eigenvalue weighted by molar-refractivity contribution is -0.119. The molecule has 0 aliphatic heterocycles. The molecule has 1 aromatic carbocycles. The molecule has 2 aromatic heterocycles. The van der Waals surface area contributed by atoms with Crippen LogP contribution < -0.4 is 10.9 Å². The molecule has 146 valence electrons. The predicted molar refractivity (Wildman–Crippen MR) is 117 cm³/mol. The van der Waals surface area contributed by atoms with E-state index in [2.05, 4.69) is 15.3 Å². The number of hydrogen-bond acceptors (Lipinski definition) is 5. The van der Waals surface area contributed by atoms with Gasteiger partial charge in [-0.1, -0.05) is 49.6 Å². The minimum Gasteiger partial charge on any atom is -0.353 e. The molecule has 4 rings (SSSR count). The molecule has 0 bridgehead atoms. The third kappa shape index (κ3) is 4.47. The Hall–Kier alpha value is -2.12. The molecule has 1 amide bonds. The van der Waals surface area contributed by atoms with Crippen molar-refractivity contribution in [1.29, 1.82) is 0 Å². The lowest BCUT2D eigenvalue weighted by Gasteiger charge is -2.22. The largest absolute Gasteiger partial charge is 0.353 e. The van der Waals surface area contributed by atoms with Crippen molar-refractivity contribution in [2.45, 2.75) is 43.9 Å². The number of thioether (sulfide) groups is 1. The highest BCUT2D eigenvalue weighted by atomic mass is 32.2. The summed E-state index contributed by atoms with van der Waals surface area (Å²) in [5.74, 6) is 1.59. The molecule has 3 aromatic rings. The molecule has 7 heteroatoms. The van der Waals surface area contributed by atoms with E-state index in [0.29, 0.717) is 28.8 Å². The Morgan fingerprint density at radius 1 is 1.21 bits per heavy atom. The van der Waals surface area contributed by atoms with Crippen LogP contribution in [-0.4, -0.2) is 27.7 Å². The van der Waals surface area contributed by atoms with Crippen LogP contribution in [0.15, 0.2) is 40.5 Å². The number of rotatable bonds is 6. The Bertz CT molecular complexity index is 1010. The fourth-order valence-electron chi connectivity index (χ4n) is 3.65. The smallest absolute Gasteiger partial charge is 0.260 e. The molecule has 1 aliphatic rings. The summed E-state index contributed by atoms with van der Waals surface area (Å²) >= 11 is 2.96. The van der Waals surface area contributed by atoms with Gasteiger partial charge in [-0.2, -0.15) is 0 Å². The highest BCUT2D eigenvalue weighted by molar-refractivity contribution is 7.99. The fraction of sp³-hybridized carbons (Fsp3) is 0.381. The first-order valence-corrected chi connectivity index (χ1v) is 11.7. The molecule has 0 atom stereocenters. The molecule has 1 saturated carbocycles. The average molecular weight is 414 g/mol. The number of aromatic amines is 1. The summed E-state index contributed by atoms with van der Waals surface area (Å²) in [6.45, 7) is 0. The molecule has 1 aliphatic carbocycles. The van der Waals surface area contributed by atoms with Gasteiger partial charge in [0.2, 0.25) is 5.91 Å². The number of hydrogen-bond donors (Lipinski definition) is 2. The average Bonchev–Trinajstić information content (AvgIpc) is 3.14. The highest BCUT2D eigenvalue weighted by Gasteiger charge is 2.16. The Morgan fingerprint density at radius 3 is 2.79 bits per heavy atom. The number of fused-ring (bicyclic) bond motifs is 1. The number of carbonyl (C=O) groups excluding carboxylic acids is 1. The number of H-pyrrole nitrogens is 1. The first-order valence-electron chi connectivity index (χ1n) is 9.63. The maximum atomic E-state index is 12.6. The summed E-state index contributed by atoms with van der Waals surface area (Å²) in [5.41, 5.74) is 1.82. The van der Waals surface area contributed by atoms with Gasteiger partial charge in [0.1, 0.15) is 10.7 Å². The zero-order chi connectivity index (χ0) is 19.3. The van der Waals surface area contributed by atoms with Crippen LogP contribution in [0, 0.1) is 0 Å². The van der Waals surface area contributed by atoms with Gasteiger partial charge in [-0.3, -0.25) is 9.59 Å². The summed E-state index contributed by atoms with van der Waals surface area (Å²) in [4.78, 5) is 33.0. The standard InChI is InChI=1S/C21H23N3O2S2/c25-18(22-15-9-5-2-6-10-15)13-27-12-17-23-20(26)19-16(11-28-21(19)24-17)14-7-3-1-4-8-14/h1,3-4,7-8,11,15H,2,5-6,9-10,12-13H2,(H,22,25)(H,23,24,26). The van der Waals surface area contributed by atoms with E-state index in [1.807, 2.05) is 35.7 Å². The third-order valence-corrected chi connectivity index (χ3v) is 6.84. The van der Waals surface area contributed by atoms with Crippen molar-refractivity contribution in [3.05, 3.63) is 51.9 Å². The van der Waals surface area contributed by atoms with Crippen molar-refractivity contribution in [2.75, 3.05) is 5.75 Å². The van der Waals surface area contributed by atoms with Gasteiger partial charge in [-0.05, 0) is 18.4 Å². The number of benzene rings is 1. The number of aromatic nitrogens is 2. The SMILES string of the molecule is O=C(CSCc1nc2scc(-c3ccccc3)c2c(=O)[nH]1)NC1CCCCC1. The van der Waals surface area contributed by atoms with E-state index >= 15 is 0 Å². The van der Waals surface area contributed by atoms with Gasteiger partial charge in [0, 0.05) is 17.0 Å². The summed E-state index contributed by atoms with van der Waals surface area (Å²) in [6.07, 6.45) is 5.86. The van der Waals surface area contributed by atoms with Crippen LogP contribution in [0.2, 0.25) is 0 Å². The lowest BCUT2D eigenvalue weighted by atomic mass is 9.95. The number of carbonyl (C=O) groups is 1. The third-order valence-electron chi connectivity index (χ3n) is 5.02.